The summed E-state index contributed by atoms with van der Waals surface area (Å²) in [5.41, 5.74) is 2.11. The van der Waals surface area contributed by atoms with Gasteiger partial charge in [-0.15, -0.1) is 0 Å². The van der Waals surface area contributed by atoms with Gasteiger partial charge in [0.2, 0.25) is 0 Å². The van der Waals surface area contributed by atoms with E-state index >= 15 is 0 Å². The highest BCUT2D eigenvalue weighted by atomic mass is 16.3. The second-order valence-electron chi connectivity index (χ2n) is 3.40. The highest BCUT2D eigenvalue weighted by Gasteiger charge is 2.10. The minimum Gasteiger partial charge on any atom is -0.460 e. The Bertz CT molecular complexity index is 423. The molecule has 1 rings (SSSR count). The molecule has 92 valence electrons. The van der Waals surface area contributed by atoms with Crippen molar-refractivity contribution in [1.82, 2.24) is 10.7 Å². The number of nitrogens with zero attached hydrogens (tertiary/aromatic N) is 1. The molecule has 0 aliphatic carbocycles. The van der Waals surface area contributed by atoms with E-state index in [1.54, 1.807) is 19.1 Å². The van der Waals surface area contributed by atoms with Gasteiger partial charge in [0, 0.05) is 6.54 Å². The molecule has 6 heteroatoms. The second-order valence-corrected chi connectivity index (χ2v) is 3.40. The van der Waals surface area contributed by atoms with E-state index in [0.717, 1.165) is 12.2 Å². The van der Waals surface area contributed by atoms with Crippen LogP contribution in [0.5, 0.6) is 0 Å². The summed E-state index contributed by atoms with van der Waals surface area (Å²) < 4.78 is 5.19. The van der Waals surface area contributed by atoms with Crippen molar-refractivity contribution in [1.29, 1.82) is 0 Å². The molecule has 1 aromatic rings. The lowest BCUT2D eigenvalue weighted by Gasteiger charge is -2.00. The zero-order valence-corrected chi connectivity index (χ0v) is 9.82. The summed E-state index contributed by atoms with van der Waals surface area (Å²) in [7, 11) is 0. The van der Waals surface area contributed by atoms with Crippen molar-refractivity contribution in [3.63, 3.8) is 0 Å². The zero-order chi connectivity index (χ0) is 12.7. The molecule has 1 heterocycles. The number of furan rings is 1. The topological polar surface area (TPSA) is 83.7 Å². The molecule has 0 aromatic carbocycles. The molecule has 0 bridgehead atoms. The first-order valence-corrected chi connectivity index (χ1v) is 5.31. The van der Waals surface area contributed by atoms with Gasteiger partial charge in [-0.25, -0.2) is 5.43 Å². The van der Waals surface area contributed by atoms with Crippen LogP contribution >= 0.6 is 0 Å². The third-order valence-electron chi connectivity index (χ3n) is 1.86. The highest BCUT2D eigenvalue weighted by molar-refractivity contribution is 6.35. The van der Waals surface area contributed by atoms with Gasteiger partial charge < -0.3 is 9.73 Å². The number of hydrogen-bond acceptors (Lipinski definition) is 4. The maximum Gasteiger partial charge on any atom is 0.329 e. The molecular weight excluding hydrogens is 222 g/mol. The summed E-state index contributed by atoms with van der Waals surface area (Å²) in [6.45, 7) is 4.16. The van der Waals surface area contributed by atoms with Gasteiger partial charge in [0.15, 0.2) is 0 Å². The first kappa shape index (κ1) is 13.0. The van der Waals surface area contributed by atoms with Gasteiger partial charge in [-0.05, 0) is 25.5 Å². The average Bonchev–Trinajstić information content (AvgIpc) is 2.71. The molecule has 0 aliphatic heterocycles. The van der Waals surface area contributed by atoms with Crippen LogP contribution in [-0.4, -0.2) is 24.6 Å². The maximum atomic E-state index is 11.2. The standard InChI is InChI=1S/C11H15N3O3/c1-3-6-12-10(15)11(16)14-13-7-9-5-4-8(2)17-9/h4-5,7H,3,6H2,1-2H3,(H,12,15)(H,14,16)/b13-7-. The van der Waals surface area contributed by atoms with Gasteiger partial charge in [-0.1, -0.05) is 6.92 Å². The van der Waals surface area contributed by atoms with E-state index < -0.39 is 11.8 Å². The highest BCUT2D eigenvalue weighted by Crippen LogP contribution is 2.02. The van der Waals surface area contributed by atoms with Crippen LogP contribution < -0.4 is 10.7 Å². The maximum absolute atomic E-state index is 11.2. The van der Waals surface area contributed by atoms with Gasteiger partial charge in [-0.2, -0.15) is 5.10 Å². The fourth-order valence-electron chi connectivity index (χ4n) is 1.05. The molecular formula is C11H15N3O3. The summed E-state index contributed by atoms with van der Waals surface area (Å²) in [4.78, 5) is 22.3. The predicted molar refractivity (Wildman–Crippen MR) is 62.5 cm³/mol. The molecule has 1 aromatic heterocycles. The molecule has 0 saturated carbocycles. The van der Waals surface area contributed by atoms with E-state index in [0.29, 0.717) is 12.3 Å². The third kappa shape index (κ3) is 4.50. The Morgan fingerprint density at radius 2 is 2.18 bits per heavy atom. The van der Waals surface area contributed by atoms with Gasteiger partial charge in [0.25, 0.3) is 0 Å². The van der Waals surface area contributed by atoms with Crippen molar-refractivity contribution >= 4 is 18.0 Å². The van der Waals surface area contributed by atoms with Crippen LogP contribution in [0, 0.1) is 6.92 Å². The zero-order valence-electron chi connectivity index (χ0n) is 9.82. The van der Waals surface area contributed by atoms with Crippen molar-refractivity contribution in [3.8, 4) is 0 Å². The molecule has 0 unspecified atom stereocenters. The van der Waals surface area contributed by atoms with E-state index in [1.165, 1.54) is 6.21 Å². The van der Waals surface area contributed by atoms with Crippen LogP contribution in [-0.2, 0) is 9.59 Å². The molecule has 0 spiro atoms. The second kappa shape index (κ2) is 6.47. The Kier molecular flexibility index (Phi) is 4.93. The molecule has 0 aliphatic rings. The van der Waals surface area contributed by atoms with Crippen molar-refractivity contribution in [3.05, 3.63) is 23.7 Å². The van der Waals surface area contributed by atoms with Gasteiger partial charge in [-0.3, -0.25) is 9.59 Å². The van der Waals surface area contributed by atoms with E-state index in [9.17, 15) is 9.59 Å². The van der Waals surface area contributed by atoms with E-state index in [-0.39, 0.29) is 0 Å². The molecule has 17 heavy (non-hydrogen) atoms. The van der Waals surface area contributed by atoms with Gasteiger partial charge in [0.05, 0.1) is 6.21 Å². The van der Waals surface area contributed by atoms with Crippen molar-refractivity contribution in [2.24, 2.45) is 5.10 Å². The number of hydrazone groups is 1. The molecule has 2 N–H and O–H groups in total. The van der Waals surface area contributed by atoms with Gasteiger partial charge >= 0.3 is 11.8 Å². The van der Waals surface area contributed by atoms with Crippen molar-refractivity contribution in [2.75, 3.05) is 6.54 Å². The number of carbonyl (C=O) groups is 2. The molecule has 0 fully saturated rings. The minimum atomic E-state index is -0.794. The number of hydrogen-bond donors (Lipinski definition) is 2. The van der Waals surface area contributed by atoms with Crippen LogP contribution in [0.1, 0.15) is 24.9 Å². The lowest BCUT2D eigenvalue weighted by molar-refractivity contribution is -0.139. The van der Waals surface area contributed by atoms with E-state index in [2.05, 4.69) is 15.8 Å². The van der Waals surface area contributed by atoms with Crippen LogP contribution in [0.2, 0.25) is 0 Å². The Labute approximate surface area is 99.1 Å². The van der Waals surface area contributed by atoms with Crippen LogP contribution in [0.25, 0.3) is 0 Å². The lowest BCUT2D eigenvalue weighted by atomic mass is 10.4. The van der Waals surface area contributed by atoms with Crippen LogP contribution in [0.3, 0.4) is 0 Å². The third-order valence-corrected chi connectivity index (χ3v) is 1.86. The molecule has 2 amide bonds. The van der Waals surface area contributed by atoms with E-state index in [1.807, 2.05) is 6.92 Å². The fourth-order valence-corrected chi connectivity index (χ4v) is 1.05. The van der Waals surface area contributed by atoms with Gasteiger partial charge in [0.1, 0.15) is 11.5 Å². The average molecular weight is 237 g/mol. The van der Waals surface area contributed by atoms with Crippen molar-refractivity contribution in [2.45, 2.75) is 20.3 Å². The first-order valence-electron chi connectivity index (χ1n) is 5.31. The predicted octanol–water partition coefficient (Wildman–Crippen LogP) is 0.564. The van der Waals surface area contributed by atoms with E-state index in [4.69, 9.17) is 4.42 Å². The smallest absolute Gasteiger partial charge is 0.329 e. The first-order chi connectivity index (χ1) is 8.13. The van der Waals surface area contributed by atoms with Crippen LogP contribution in [0.4, 0.5) is 0 Å². The Morgan fingerprint density at radius 3 is 2.76 bits per heavy atom. The quantitative estimate of drug-likeness (QED) is 0.456. The monoisotopic (exact) mass is 237 g/mol. The Hall–Kier alpha value is -2.11. The molecule has 0 saturated heterocycles. The number of nitrogens with one attached hydrogen (secondary N) is 2. The van der Waals surface area contributed by atoms with Crippen LogP contribution in [0.15, 0.2) is 21.7 Å². The summed E-state index contributed by atoms with van der Waals surface area (Å²) in [6.07, 6.45) is 2.10. The summed E-state index contributed by atoms with van der Waals surface area (Å²) in [5.74, 6) is -0.229. The Morgan fingerprint density at radius 1 is 1.41 bits per heavy atom. The molecule has 0 atom stereocenters. The summed E-state index contributed by atoms with van der Waals surface area (Å²) in [6, 6.07) is 3.49. The minimum absolute atomic E-state index is 0.466. The number of rotatable bonds is 4. The number of carbonyl (C=O) groups excluding carboxylic acids is 2. The largest absolute Gasteiger partial charge is 0.460 e. The normalized spacial score (nSPS) is 10.5. The molecule has 0 radical (unpaired) electrons. The fraction of sp³-hybridized carbons (Fsp3) is 0.364. The number of amides is 2. The summed E-state index contributed by atoms with van der Waals surface area (Å²) in [5, 5.41) is 6.04. The SMILES string of the molecule is CCCNC(=O)C(=O)N/N=C\c1ccc(C)o1. The lowest BCUT2D eigenvalue weighted by Crippen LogP contribution is -2.38. The molecule has 6 nitrogen and oxygen atoms in total. The number of aryl methyl sites for hydroxylation is 1. The van der Waals surface area contributed by atoms with Crippen molar-refractivity contribution < 1.29 is 14.0 Å². The Balaban J connectivity index is 2.37. The summed E-state index contributed by atoms with van der Waals surface area (Å²) >= 11 is 0.